The number of nitrogens with two attached hydrogens (primary N) is 1. The van der Waals surface area contributed by atoms with Crippen LogP contribution in [0.4, 0.5) is 0 Å². The lowest BCUT2D eigenvalue weighted by Crippen LogP contribution is -2.23. The molecule has 0 bridgehead atoms. The molecule has 0 aliphatic rings. The lowest BCUT2D eigenvalue weighted by atomic mass is 10.0. The molecule has 0 spiro atoms. The van der Waals surface area contributed by atoms with Crippen LogP contribution in [0.2, 0.25) is 0 Å². The number of benzene rings is 2. The van der Waals surface area contributed by atoms with Gasteiger partial charge < -0.3 is 11.1 Å². The van der Waals surface area contributed by atoms with Gasteiger partial charge in [0.05, 0.1) is 0 Å². The normalized spacial score (nSPS) is 12.8. The van der Waals surface area contributed by atoms with Gasteiger partial charge in [-0.05, 0) is 49.2 Å². The Balaban J connectivity index is 1.99. The molecule has 2 aromatic rings. The van der Waals surface area contributed by atoms with Crippen molar-refractivity contribution < 1.29 is 0 Å². The lowest BCUT2D eigenvalue weighted by molar-refractivity contribution is 0.589. The molecule has 0 heterocycles. The van der Waals surface area contributed by atoms with Gasteiger partial charge in [0.1, 0.15) is 0 Å². The molecule has 2 heteroatoms. The Morgan fingerprint density at radius 3 is 2.61 bits per heavy atom. The van der Waals surface area contributed by atoms with Gasteiger partial charge in [-0.15, -0.1) is 0 Å². The summed E-state index contributed by atoms with van der Waals surface area (Å²) >= 11 is 0. The third-order valence-corrected chi connectivity index (χ3v) is 3.17. The number of hydrogen-bond donors (Lipinski definition) is 2. The minimum Gasteiger partial charge on any atom is -0.328 e. The van der Waals surface area contributed by atoms with Crippen molar-refractivity contribution in [2.45, 2.75) is 32.9 Å². The zero-order valence-corrected chi connectivity index (χ0v) is 11.2. The smallest absolute Gasteiger partial charge is 0.0205 e. The van der Waals surface area contributed by atoms with E-state index in [2.05, 4.69) is 48.6 Å². The molecule has 0 fully saturated rings. The summed E-state index contributed by atoms with van der Waals surface area (Å²) in [6.07, 6.45) is 1.02. The molecule has 0 saturated carbocycles. The van der Waals surface area contributed by atoms with Gasteiger partial charge >= 0.3 is 0 Å². The maximum atomic E-state index is 5.72. The van der Waals surface area contributed by atoms with E-state index in [1.807, 2.05) is 6.92 Å². The standard InChI is InChI=1S/C16H22N2/c1-12-3-5-16-10-14(4-6-15(16)9-12)11-18-8-7-13(2)17/h3-6,9-10,13,18H,7-8,11,17H2,1-2H3. The highest BCUT2D eigenvalue weighted by molar-refractivity contribution is 5.83. The highest BCUT2D eigenvalue weighted by atomic mass is 14.9. The molecule has 1 atom stereocenters. The highest BCUT2D eigenvalue weighted by Gasteiger charge is 1.98. The Kier molecular flexibility index (Phi) is 4.34. The molecule has 0 aliphatic heterocycles. The van der Waals surface area contributed by atoms with Crippen molar-refractivity contribution in [1.82, 2.24) is 5.32 Å². The van der Waals surface area contributed by atoms with Crippen LogP contribution in [0, 0.1) is 6.92 Å². The van der Waals surface area contributed by atoms with Gasteiger partial charge in [-0.3, -0.25) is 0 Å². The van der Waals surface area contributed by atoms with Crippen LogP contribution in [0.3, 0.4) is 0 Å². The second-order valence-corrected chi connectivity index (χ2v) is 5.13. The van der Waals surface area contributed by atoms with Gasteiger partial charge in [0, 0.05) is 12.6 Å². The first-order chi connectivity index (χ1) is 8.65. The molecule has 2 rings (SSSR count). The quantitative estimate of drug-likeness (QED) is 0.791. The minimum atomic E-state index is 0.275. The number of nitrogens with one attached hydrogen (secondary N) is 1. The predicted molar refractivity (Wildman–Crippen MR) is 78.7 cm³/mol. The van der Waals surface area contributed by atoms with E-state index in [-0.39, 0.29) is 6.04 Å². The van der Waals surface area contributed by atoms with Crippen molar-refractivity contribution in [2.75, 3.05) is 6.54 Å². The van der Waals surface area contributed by atoms with E-state index in [0.29, 0.717) is 0 Å². The Bertz CT molecular complexity index is 517. The fraction of sp³-hybridized carbons (Fsp3) is 0.375. The van der Waals surface area contributed by atoms with Crippen molar-refractivity contribution in [3.05, 3.63) is 47.5 Å². The van der Waals surface area contributed by atoms with Crippen molar-refractivity contribution in [1.29, 1.82) is 0 Å². The molecule has 0 saturated heterocycles. The number of fused-ring (bicyclic) bond motifs is 1. The number of aryl methyl sites for hydroxylation is 1. The maximum absolute atomic E-state index is 5.72. The molecule has 0 aromatic heterocycles. The molecule has 1 unspecified atom stereocenters. The fourth-order valence-electron chi connectivity index (χ4n) is 2.09. The van der Waals surface area contributed by atoms with E-state index < -0.39 is 0 Å². The van der Waals surface area contributed by atoms with E-state index >= 15 is 0 Å². The van der Waals surface area contributed by atoms with E-state index in [0.717, 1.165) is 19.5 Å². The summed E-state index contributed by atoms with van der Waals surface area (Å²) in [6.45, 7) is 6.06. The Hall–Kier alpha value is -1.38. The summed E-state index contributed by atoms with van der Waals surface area (Å²) in [7, 11) is 0. The van der Waals surface area contributed by atoms with Crippen LogP contribution in [-0.4, -0.2) is 12.6 Å². The zero-order valence-electron chi connectivity index (χ0n) is 11.2. The minimum absolute atomic E-state index is 0.275. The van der Waals surface area contributed by atoms with Crippen LogP contribution in [0.25, 0.3) is 10.8 Å². The molecular formula is C16H22N2. The molecule has 0 amide bonds. The fourth-order valence-corrected chi connectivity index (χ4v) is 2.09. The highest BCUT2D eigenvalue weighted by Crippen LogP contribution is 2.17. The third kappa shape index (κ3) is 3.56. The summed E-state index contributed by atoms with van der Waals surface area (Å²) < 4.78 is 0. The maximum Gasteiger partial charge on any atom is 0.0205 e. The Morgan fingerprint density at radius 1 is 1.11 bits per heavy atom. The van der Waals surface area contributed by atoms with Crippen molar-refractivity contribution in [3.63, 3.8) is 0 Å². The van der Waals surface area contributed by atoms with Crippen LogP contribution in [0.1, 0.15) is 24.5 Å². The second-order valence-electron chi connectivity index (χ2n) is 5.13. The van der Waals surface area contributed by atoms with Gasteiger partial charge in [-0.2, -0.15) is 0 Å². The van der Waals surface area contributed by atoms with Crippen molar-refractivity contribution >= 4 is 10.8 Å². The number of hydrogen-bond acceptors (Lipinski definition) is 2. The van der Waals surface area contributed by atoms with Gasteiger partial charge in [-0.1, -0.05) is 35.9 Å². The van der Waals surface area contributed by atoms with Gasteiger partial charge in [0.15, 0.2) is 0 Å². The summed E-state index contributed by atoms with van der Waals surface area (Å²) in [6, 6.07) is 13.5. The third-order valence-electron chi connectivity index (χ3n) is 3.17. The van der Waals surface area contributed by atoms with E-state index in [4.69, 9.17) is 5.73 Å². The second kappa shape index (κ2) is 5.98. The molecule has 2 nitrogen and oxygen atoms in total. The number of rotatable bonds is 5. The van der Waals surface area contributed by atoms with Crippen LogP contribution in [0.5, 0.6) is 0 Å². The van der Waals surface area contributed by atoms with Crippen LogP contribution in [-0.2, 0) is 6.54 Å². The van der Waals surface area contributed by atoms with Crippen LogP contribution < -0.4 is 11.1 Å². The first-order valence-electron chi connectivity index (χ1n) is 6.61. The first kappa shape index (κ1) is 13.1. The molecule has 0 aliphatic carbocycles. The zero-order chi connectivity index (χ0) is 13.0. The molecule has 2 aromatic carbocycles. The monoisotopic (exact) mass is 242 g/mol. The Morgan fingerprint density at radius 2 is 1.83 bits per heavy atom. The summed E-state index contributed by atoms with van der Waals surface area (Å²) in [4.78, 5) is 0. The average Bonchev–Trinajstić information content (AvgIpc) is 2.34. The molecular weight excluding hydrogens is 220 g/mol. The SMILES string of the molecule is Cc1ccc2cc(CNCCC(C)N)ccc2c1. The first-order valence-corrected chi connectivity index (χ1v) is 6.61. The van der Waals surface area contributed by atoms with Crippen LogP contribution >= 0.6 is 0 Å². The molecule has 96 valence electrons. The van der Waals surface area contributed by atoms with E-state index in [1.165, 1.54) is 21.9 Å². The van der Waals surface area contributed by atoms with E-state index in [1.54, 1.807) is 0 Å². The van der Waals surface area contributed by atoms with Gasteiger partial charge in [0.25, 0.3) is 0 Å². The van der Waals surface area contributed by atoms with E-state index in [9.17, 15) is 0 Å². The summed E-state index contributed by atoms with van der Waals surface area (Å²) in [5.41, 5.74) is 8.36. The van der Waals surface area contributed by atoms with Crippen molar-refractivity contribution in [3.8, 4) is 0 Å². The summed E-state index contributed by atoms with van der Waals surface area (Å²) in [5.74, 6) is 0. The largest absolute Gasteiger partial charge is 0.328 e. The average molecular weight is 242 g/mol. The topological polar surface area (TPSA) is 38.0 Å². The summed E-state index contributed by atoms with van der Waals surface area (Å²) in [5, 5.41) is 6.06. The predicted octanol–water partition coefficient (Wildman–Crippen LogP) is 2.98. The van der Waals surface area contributed by atoms with Gasteiger partial charge in [-0.25, -0.2) is 0 Å². The molecule has 0 radical (unpaired) electrons. The molecule has 3 N–H and O–H groups in total. The Labute approximate surface area is 109 Å². The van der Waals surface area contributed by atoms with Crippen LogP contribution in [0.15, 0.2) is 36.4 Å². The molecule has 18 heavy (non-hydrogen) atoms. The van der Waals surface area contributed by atoms with Crippen molar-refractivity contribution in [2.24, 2.45) is 5.73 Å². The van der Waals surface area contributed by atoms with Gasteiger partial charge in [0.2, 0.25) is 0 Å². The lowest BCUT2D eigenvalue weighted by Gasteiger charge is -2.08.